The Kier molecular flexibility index (Phi) is 6.76. The topological polar surface area (TPSA) is 89.6 Å². The van der Waals surface area contributed by atoms with E-state index in [9.17, 15) is 9.59 Å². The number of amides is 2. The Morgan fingerprint density at radius 3 is 3.00 bits per heavy atom. The van der Waals surface area contributed by atoms with Crippen molar-refractivity contribution in [1.29, 1.82) is 0 Å². The maximum atomic E-state index is 12.7. The SMILES string of the molecule is C=C(N/N=C\CC)c1c(Br)c[nH]c1NC(=O)CN1C(=O)CCc2ccc(Cl)cc21. The molecule has 0 bridgehead atoms. The first-order chi connectivity index (χ1) is 13.9. The molecular formula is C20H21BrClN5O2. The molecule has 0 radical (unpaired) electrons. The molecule has 1 aromatic heterocycles. The number of aromatic amines is 1. The van der Waals surface area contributed by atoms with Gasteiger partial charge in [0.05, 0.1) is 11.3 Å². The molecule has 2 heterocycles. The standard InChI is InChI=1S/C20H21BrClN5O2/c1-3-8-24-26-12(2)19-15(21)10-23-20(19)25-17(28)11-27-16-9-14(22)6-4-13(16)5-7-18(27)29/h4,6,8-10,23,26H,2-3,5,7,11H2,1H3,(H,25,28)/b24-8-. The van der Waals surface area contributed by atoms with Crippen LogP contribution < -0.4 is 15.6 Å². The summed E-state index contributed by atoms with van der Waals surface area (Å²) < 4.78 is 0.725. The van der Waals surface area contributed by atoms with E-state index in [1.54, 1.807) is 24.5 Å². The van der Waals surface area contributed by atoms with Gasteiger partial charge in [-0.2, -0.15) is 5.10 Å². The second-order valence-electron chi connectivity index (χ2n) is 6.50. The van der Waals surface area contributed by atoms with E-state index >= 15 is 0 Å². The molecular weight excluding hydrogens is 458 g/mol. The summed E-state index contributed by atoms with van der Waals surface area (Å²) in [6, 6.07) is 5.40. The molecule has 7 nitrogen and oxygen atoms in total. The highest BCUT2D eigenvalue weighted by Crippen LogP contribution is 2.31. The molecule has 0 spiro atoms. The molecule has 0 aliphatic carbocycles. The maximum Gasteiger partial charge on any atom is 0.245 e. The van der Waals surface area contributed by atoms with E-state index in [0.29, 0.717) is 40.6 Å². The fourth-order valence-electron chi connectivity index (χ4n) is 3.07. The fraction of sp³-hybridized carbons (Fsp3) is 0.250. The number of aryl methyl sites for hydroxylation is 1. The molecule has 0 fully saturated rings. The van der Waals surface area contributed by atoms with Crippen molar-refractivity contribution >= 4 is 62.8 Å². The molecule has 29 heavy (non-hydrogen) atoms. The third kappa shape index (κ3) is 4.89. The van der Waals surface area contributed by atoms with Crippen LogP contribution in [0.25, 0.3) is 5.70 Å². The molecule has 3 N–H and O–H groups in total. The molecule has 1 aliphatic rings. The van der Waals surface area contributed by atoms with E-state index in [1.165, 1.54) is 4.90 Å². The quantitative estimate of drug-likeness (QED) is 0.409. The smallest absolute Gasteiger partial charge is 0.245 e. The van der Waals surface area contributed by atoms with E-state index in [1.807, 2.05) is 13.0 Å². The predicted octanol–water partition coefficient (Wildman–Crippen LogP) is 4.30. The van der Waals surface area contributed by atoms with Crippen LogP contribution in [-0.4, -0.2) is 29.6 Å². The highest BCUT2D eigenvalue weighted by atomic mass is 79.9. The Morgan fingerprint density at radius 1 is 1.45 bits per heavy atom. The monoisotopic (exact) mass is 477 g/mol. The number of fused-ring (bicyclic) bond motifs is 1. The number of carbonyl (C=O) groups is 2. The summed E-state index contributed by atoms with van der Waals surface area (Å²) in [4.78, 5) is 29.6. The summed E-state index contributed by atoms with van der Waals surface area (Å²) in [5.41, 5.74) is 5.69. The lowest BCUT2D eigenvalue weighted by Crippen LogP contribution is -2.41. The summed E-state index contributed by atoms with van der Waals surface area (Å²) in [5, 5.41) is 7.39. The van der Waals surface area contributed by atoms with Gasteiger partial charge in [0.25, 0.3) is 0 Å². The first kappa shape index (κ1) is 21.1. The average Bonchev–Trinajstić information content (AvgIpc) is 3.04. The van der Waals surface area contributed by atoms with Gasteiger partial charge in [-0.05, 0) is 46.5 Å². The van der Waals surface area contributed by atoms with Gasteiger partial charge in [-0.15, -0.1) is 0 Å². The van der Waals surface area contributed by atoms with E-state index in [0.717, 1.165) is 16.5 Å². The summed E-state index contributed by atoms with van der Waals surface area (Å²) in [7, 11) is 0. The number of hydrazone groups is 1. The van der Waals surface area contributed by atoms with Crippen LogP contribution >= 0.6 is 27.5 Å². The van der Waals surface area contributed by atoms with Crippen LogP contribution in [0.1, 0.15) is 30.9 Å². The molecule has 0 unspecified atom stereocenters. The van der Waals surface area contributed by atoms with E-state index in [4.69, 9.17) is 11.6 Å². The summed E-state index contributed by atoms with van der Waals surface area (Å²) in [6.07, 6.45) is 5.20. The van der Waals surface area contributed by atoms with E-state index in [2.05, 4.69) is 43.3 Å². The van der Waals surface area contributed by atoms with Gasteiger partial charge in [0, 0.05) is 34.0 Å². The summed E-state index contributed by atoms with van der Waals surface area (Å²) in [6.45, 7) is 5.82. The summed E-state index contributed by atoms with van der Waals surface area (Å²) in [5.74, 6) is 0.0104. The Hall–Kier alpha value is -2.58. The van der Waals surface area contributed by atoms with Crippen molar-refractivity contribution in [1.82, 2.24) is 10.4 Å². The number of anilines is 2. The number of nitrogens with zero attached hydrogens (tertiary/aromatic N) is 2. The molecule has 2 aromatic rings. The van der Waals surface area contributed by atoms with Crippen molar-refractivity contribution in [2.45, 2.75) is 26.2 Å². The van der Waals surface area contributed by atoms with Crippen LogP contribution in [0.4, 0.5) is 11.5 Å². The zero-order valence-electron chi connectivity index (χ0n) is 15.9. The van der Waals surface area contributed by atoms with Gasteiger partial charge in [0.1, 0.15) is 12.4 Å². The van der Waals surface area contributed by atoms with Crippen molar-refractivity contribution in [2.24, 2.45) is 5.10 Å². The van der Waals surface area contributed by atoms with Crippen LogP contribution in [0.15, 0.2) is 40.5 Å². The Balaban J connectivity index is 1.76. The minimum Gasteiger partial charge on any atom is -0.346 e. The Bertz CT molecular complexity index is 985. The maximum absolute atomic E-state index is 12.7. The number of carbonyl (C=O) groups excluding carboxylic acids is 2. The number of hydrogen-bond acceptors (Lipinski definition) is 4. The lowest BCUT2D eigenvalue weighted by Gasteiger charge is -2.29. The zero-order valence-corrected chi connectivity index (χ0v) is 18.2. The second-order valence-corrected chi connectivity index (χ2v) is 7.79. The molecule has 9 heteroatoms. The van der Waals surface area contributed by atoms with Crippen molar-refractivity contribution < 1.29 is 9.59 Å². The van der Waals surface area contributed by atoms with E-state index in [-0.39, 0.29) is 18.4 Å². The number of hydrogen-bond donors (Lipinski definition) is 3. The molecule has 1 aromatic carbocycles. The van der Waals surface area contributed by atoms with Crippen LogP contribution in [0.2, 0.25) is 5.02 Å². The van der Waals surface area contributed by atoms with E-state index < -0.39 is 0 Å². The first-order valence-corrected chi connectivity index (χ1v) is 10.3. The Morgan fingerprint density at radius 2 is 2.24 bits per heavy atom. The molecule has 3 rings (SSSR count). The number of H-pyrrole nitrogens is 1. The summed E-state index contributed by atoms with van der Waals surface area (Å²) >= 11 is 9.53. The van der Waals surface area contributed by atoms with Gasteiger partial charge in [-0.25, -0.2) is 0 Å². The van der Waals surface area contributed by atoms with Gasteiger partial charge in [-0.1, -0.05) is 31.2 Å². The molecule has 0 saturated carbocycles. The minimum absolute atomic E-state index is 0.109. The van der Waals surface area contributed by atoms with Crippen molar-refractivity contribution in [3.63, 3.8) is 0 Å². The zero-order chi connectivity index (χ0) is 21.0. The lowest BCUT2D eigenvalue weighted by atomic mass is 10.0. The van der Waals surface area contributed by atoms with Gasteiger partial charge in [0.2, 0.25) is 11.8 Å². The molecule has 0 atom stereocenters. The van der Waals surface area contributed by atoms with Gasteiger partial charge < -0.3 is 15.2 Å². The largest absolute Gasteiger partial charge is 0.346 e. The van der Waals surface area contributed by atoms with Crippen molar-refractivity contribution in [3.05, 3.63) is 51.6 Å². The number of rotatable bonds is 7. The third-order valence-corrected chi connectivity index (χ3v) is 5.28. The Labute approximate surface area is 182 Å². The van der Waals surface area contributed by atoms with Crippen LogP contribution in [0, 0.1) is 0 Å². The normalized spacial score (nSPS) is 13.5. The number of nitrogens with one attached hydrogen (secondary N) is 3. The van der Waals surface area contributed by atoms with Gasteiger partial charge in [0.15, 0.2) is 0 Å². The van der Waals surface area contributed by atoms with Crippen LogP contribution in [0.5, 0.6) is 0 Å². The lowest BCUT2D eigenvalue weighted by molar-refractivity contribution is -0.121. The van der Waals surface area contributed by atoms with Crippen LogP contribution in [-0.2, 0) is 16.0 Å². The van der Waals surface area contributed by atoms with Crippen molar-refractivity contribution in [3.8, 4) is 0 Å². The molecule has 0 saturated heterocycles. The second kappa shape index (κ2) is 9.28. The minimum atomic E-state index is -0.341. The highest BCUT2D eigenvalue weighted by molar-refractivity contribution is 9.10. The molecule has 152 valence electrons. The molecule has 1 aliphatic heterocycles. The van der Waals surface area contributed by atoms with Gasteiger partial charge in [-0.3, -0.25) is 15.0 Å². The predicted molar refractivity (Wildman–Crippen MR) is 120 cm³/mol. The first-order valence-electron chi connectivity index (χ1n) is 9.13. The number of benzene rings is 1. The number of aromatic nitrogens is 1. The van der Waals surface area contributed by atoms with Crippen molar-refractivity contribution in [2.75, 3.05) is 16.8 Å². The van der Waals surface area contributed by atoms with Crippen LogP contribution in [0.3, 0.4) is 0 Å². The molecule has 2 amide bonds. The number of halogens is 2. The average molecular weight is 479 g/mol. The fourth-order valence-corrected chi connectivity index (χ4v) is 3.79. The third-order valence-electron chi connectivity index (χ3n) is 4.42. The highest BCUT2D eigenvalue weighted by Gasteiger charge is 2.27. The van der Waals surface area contributed by atoms with Gasteiger partial charge >= 0.3 is 0 Å².